The summed E-state index contributed by atoms with van der Waals surface area (Å²) in [5.74, 6) is 0.533. The van der Waals surface area contributed by atoms with E-state index in [-0.39, 0.29) is 5.97 Å². The van der Waals surface area contributed by atoms with Crippen molar-refractivity contribution in [3.8, 4) is 0 Å². The molecule has 0 radical (unpaired) electrons. The van der Waals surface area contributed by atoms with Gasteiger partial charge >= 0.3 is 5.97 Å². The van der Waals surface area contributed by atoms with Gasteiger partial charge in [-0.05, 0) is 38.1 Å². The maximum Gasteiger partial charge on any atom is 0.325 e. The fourth-order valence-electron chi connectivity index (χ4n) is 1.82. The zero-order chi connectivity index (χ0) is 15.2. The van der Waals surface area contributed by atoms with Crippen LogP contribution in [0.15, 0.2) is 23.1 Å². The first-order valence-electron chi connectivity index (χ1n) is 6.34. The molecule has 0 spiro atoms. The van der Waals surface area contributed by atoms with E-state index in [2.05, 4.69) is 5.32 Å². The average molecular weight is 336 g/mol. The summed E-state index contributed by atoms with van der Waals surface area (Å²) < 4.78 is 4.86. The lowest BCUT2D eigenvalue weighted by Crippen LogP contribution is -2.50. The van der Waals surface area contributed by atoms with E-state index in [0.29, 0.717) is 23.0 Å². The Morgan fingerprint density at radius 3 is 2.65 bits per heavy atom. The molecule has 3 nitrogen and oxygen atoms in total. The number of halogens is 2. The topological polar surface area (TPSA) is 38.3 Å². The number of carbonyl (C=O) groups excluding carboxylic acids is 1. The molecule has 0 aromatic heterocycles. The molecule has 0 saturated heterocycles. The number of rotatable bonds is 7. The molecule has 0 amide bonds. The van der Waals surface area contributed by atoms with Crippen LogP contribution in [0.3, 0.4) is 0 Å². The normalized spacial score (nSPS) is 13.8. The Hall–Kier alpha value is -0.420. The van der Waals surface area contributed by atoms with Crippen LogP contribution in [-0.2, 0) is 9.53 Å². The number of carbonyl (C=O) groups is 1. The maximum atomic E-state index is 11.8. The van der Waals surface area contributed by atoms with Gasteiger partial charge in [0.05, 0.1) is 17.2 Å². The van der Waals surface area contributed by atoms with E-state index in [1.807, 2.05) is 26.0 Å². The number of likely N-dealkylation sites (N-methyl/N-ethyl adjacent to an activating group) is 1. The van der Waals surface area contributed by atoms with Crippen molar-refractivity contribution < 1.29 is 9.53 Å². The van der Waals surface area contributed by atoms with Crippen molar-refractivity contribution in [2.24, 2.45) is 0 Å². The molecule has 20 heavy (non-hydrogen) atoms. The summed E-state index contributed by atoms with van der Waals surface area (Å²) in [6.45, 7) is 4.54. The second-order valence-electron chi connectivity index (χ2n) is 4.53. The fourth-order valence-corrected chi connectivity index (χ4v) is 3.29. The Labute approximate surface area is 134 Å². The van der Waals surface area contributed by atoms with Gasteiger partial charge in [-0.1, -0.05) is 30.1 Å². The lowest BCUT2D eigenvalue weighted by Gasteiger charge is -2.27. The molecule has 0 aliphatic rings. The zero-order valence-electron chi connectivity index (χ0n) is 11.8. The lowest BCUT2D eigenvalue weighted by atomic mass is 9.99. The van der Waals surface area contributed by atoms with Crippen LogP contribution >= 0.6 is 35.0 Å². The minimum Gasteiger partial charge on any atom is -0.468 e. The summed E-state index contributed by atoms with van der Waals surface area (Å²) in [5.41, 5.74) is -0.660. The number of methoxy groups -OCH3 is 1. The second kappa shape index (κ2) is 8.13. The fraction of sp³-hybridized carbons (Fsp3) is 0.500. The number of hydrogen-bond acceptors (Lipinski definition) is 4. The molecule has 0 fully saturated rings. The first-order chi connectivity index (χ1) is 9.42. The van der Waals surface area contributed by atoms with Gasteiger partial charge in [-0.15, -0.1) is 11.8 Å². The van der Waals surface area contributed by atoms with E-state index >= 15 is 0 Å². The van der Waals surface area contributed by atoms with E-state index in [9.17, 15) is 4.79 Å². The molecule has 0 heterocycles. The molecular weight excluding hydrogens is 317 g/mol. The molecule has 1 atom stereocenters. The standard InChI is InChI=1S/C14H19Cl2NO2S/c1-4-17-14(2,13(18)19-3)7-8-20-10-5-6-11(15)12(16)9-10/h5-6,9,17H,4,7-8H2,1-3H3. The van der Waals surface area contributed by atoms with Gasteiger partial charge in [0.2, 0.25) is 0 Å². The highest BCUT2D eigenvalue weighted by molar-refractivity contribution is 7.99. The van der Waals surface area contributed by atoms with E-state index in [0.717, 1.165) is 10.6 Å². The third kappa shape index (κ3) is 4.85. The Balaban J connectivity index is 2.60. The number of thioether (sulfide) groups is 1. The van der Waals surface area contributed by atoms with Crippen LogP contribution in [0.25, 0.3) is 0 Å². The van der Waals surface area contributed by atoms with Crippen molar-refractivity contribution in [3.05, 3.63) is 28.2 Å². The molecule has 1 rings (SSSR count). The van der Waals surface area contributed by atoms with Gasteiger partial charge in [0.1, 0.15) is 5.54 Å². The molecule has 0 aliphatic carbocycles. The van der Waals surface area contributed by atoms with Crippen LogP contribution < -0.4 is 5.32 Å². The average Bonchev–Trinajstić information content (AvgIpc) is 2.42. The third-order valence-corrected chi connectivity index (χ3v) is 4.70. The Morgan fingerprint density at radius 2 is 2.10 bits per heavy atom. The molecule has 6 heteroatoms. The van der Waals surface area contributed by atoms with Crippen LogP contribution in [-0.4, -0.2) is 30.9 Å². The van der Waals surface area contributed by atoms with Crippen LogP contribution in [0.4, 0.5) is 0 Å². The number of esters is 1. The van der Waals surface area contributed by atoms with Gasteiger partial charge in [-0.25, -0.2) is 0 Å². The van der Waals surface area contributed by atoms with Gasteiger partial charge < -0.3 is 10.1 Å². The van der Waals surface area contributed by atoms with Gasteiger partial charge in [-0.2, -0.15) is 0 Å². The summed E-state index contributed by atoms with van der Waals surface area (Å²) in [6.07, 6.45) is 0.665. The third-order valence-electron chi connectivity index (χ3n) is 2.96. The summed E-state index contributed by atoms with van der Waals surface area (Å²) in [6, 6.07) is 5.52. The largest absolute Gasteiger partial charge is 0.468 e. The van der Waals surface area contributed by atoms with E-state index in [1.165, 1.54) is 7.11 Å². The van der Waals surface area contributed by atoms with Crippen molar-refractivity contribution in [1.82, 2.24) is 5.32 Å². The van der Waals surface area contributed by atoms with Gasteiger partial charge in [-0.3, -0.25) is 4.79 Å². The minimum atomic E-state index is -0.660. The number of ether oxygens (including phenoxy) is 1. The molecule has 1 N–H and O–H groups in total. The zero-order valence-corrected chi connectivity index (χ0v) is 14.2. The number of benzene rings is 1. The SMILES string of the molecule is CCNC(C)(CCSc1ccc(Cl)c(Cl)c1)C(=O)OC. The Kier molecular flexibility index (Phi) is 7.17. The molecule has 0 saturated carbocycles. The summed E-state index contributed by atoms with van der Waals surface area (Å²) in [7, 11) is 1.41. The van der Waals surface area contributed by atoms with Crippen LogP contribution in [0, 0.1) is 0 Å². The predicted octanol–water partition coefficient (Wildman–Crippen LogP) is 4.02. The summed E-state index contributed by atoms with van der Waals surface area (Å²) in [5, 5.41) is 4.27. The first kappa shape index (κ1) is 17.6. The van der Waals surface area contributed by atoms with E-state index in [4.69, 9.17) is 27.9 Å². The number of hydrogen-bond donors (Lipinski definition) is 1. The van der Waals surface area contributed by atoms with Crippen LogP contribution in [0.2, 0.25) is 10.0 Å². The summed E-state index contributed by atoms with van der Waals surface area (Å²) >= 11 is 13.5. The molecule has 0 aliphatic heterocycles. The van der Waals surface area contributed by atoms with Crippen molar-refractivity contribution >= 4 is 40.9 Å². The molecule has 1 aromatic rings. The lowest BCUT2D eigenvalue weighted by molar-refractivity contribution is -0.147. The molecule has 112 valence electrons. The quantitative estimate of drug-likeness (QED) is 0.603. The highest BCUT2D eigenvalue weighted by Crippen LogP contribution is 2.29. The van der Waals surface area contributed by atoms with Crippen molar-refractivity contribution in [1.29, 1.82) is 0 Å². The molecular formula is C14H19Cl2NO2S. The van der Waals surface area contributed by atoms with Gasteiger partial charge in [0.25, 0.3) is 0 Å². The predicted molar refractivity (Wildman–Crippen MR) is 85.9 cm³/mol. The van der Waals surface area contributed by atoms with Crippen LogP contribution in [0.5, 0.6) is 0 Å². The van der Waals surface area contributed by atoms with Crippen molar-refractivity contribution in [2.45, 2.75) is 30.7 Å². The summed E-state index contributed by atoms with van der Waals surface area (Å²) in [4.78, 5) is 12.9. The highest BCUT2D eigenvalue weighted by Gasteiger charge is 2.32. The van der Waals surface area contributed by atoms with E-state index < -0.39 is 5.54 Å². The molecule has 0 bridgehead atoms. The van der Waals surface area contributed by atoms with Crippen LogP contribution in [0.1, 0.15) is 20.3 Å². The monoisotopic (exact) mass is 335 g/mol. The second-order valence-corrected chi connectivity index (χ2v) is 6.51. The smallest absolute Gasteiger partial charge is 0.325 e. The van der Waals surface area contributed by atoms with Gasteiger partial charge in [0, 0.05) is 10.6 Å². The molecule has 1 aromatic carbocycles. The Morgan fingerprint density at radius 1 is 1.40 bits per heavy atom. The minimum absolute atomic E-state index is 0.242. The van der Waals surface area contributed by atoms with E-state index in [1.54, 1.807) is 17.8 Å². The Bertz CT molecular complexity index is 470. The number of nitrogens with one attached hydrogen (secondary N) is 1. The van der Waals surface area contributed by atoms with Gasteiger partial charge in [0.15, 0.2) is 0 Å². The first-order valence-corrected chi connectivity index (χ1v) is 8.08. The highest BCUT2D eigenvalue weighted by atomic mass is 35.5. The molecule has 1 unspecified atom stereocenters. The maximum absolute atomic E-state index is 11.8. The van der Waals surface area contributed by atoms with Crippen molar-refractivity contribution in [3.63, 3.8) is 0 Å². The van der Waals surface area contributed by atoms with Crippen molar-refractivity contribution in [2.75, 3.05) is 19.4 Å².